The van der Waals surface area contributed by atoms with Crippen molar-refractivity contribution in [1.29, 1.82) is 0 Å². The quantitative estimate of drug-likeness (QED) is 0.725. The average Bonchev–Trinajstić information content (AvgIpc) is 2.95. The molecule has 1 saturated heterocycles. The fourth-order valence-electron chi connectivity index (χ4n) is 2.50. The van der Waals surface area contributed by atoms with E-state index in [1.807, 2.05) is 19.2 Å². The van der Waals surface area contributed by atoms with Gasteiger partial charge in [-0.1, -0.05) is 0 Å². The summed E-state index contributed by atoms with van der Waals surface area (Å²) in [4.78, 5) is 18.3. The van der Waals surface area contributed by atoms with Crippen molar-refractivity contribution in [3.63, 3.8) is 0 Å². The van der Waals surface area contributed by atoms with Crippen LogP contribution in [0.5, 0.6) is 0 Å². The zero-order chi connectivity index (χ0) is 15.1. The summed E-state index contributed by atoms with van der Waals surface area (Å²) >= 11 is 1.65. The molecule has 1 fully saturated rings. The van der Waals surface area contributed by atoms with Crippen LogP contribution in [0.2, 0.25) is 0 Å². The molecular weight excluding hydrogens is 288 g/mol. The molecule has 0 radical (unpaired) electrons. The molecule has 5 nitrogen and oxygen atoms in total. The van der Waals surface area contributed by atoms with Gasteiger partial charge in [-0.2, -0.15) is 0 Å². The second kappa shape index (κ2) is 8.34. The highest BCUT2D eigenvalue weighted by Crippen LogP contribution is 2.25. The first-order valence-electron chi connectivity index (χ1n) is 7.69. The Balaban J connectivity index is 1.85. The van der Waals surface area contributed by atoms with Crippen LogP contribution in [0.1, 0.15) is 38.8 Å². The van der Waals surface area contributed by atoms with Crippen molar-refractivity contribution >= 4 is 22.4 Å². The lowest BCUT2D eigenvalue weighted by Crippen LogP contribution is -2.39. The number of esters is 1. The number of aryl methyl sites for hydroxylation is 1. The molecule has 1 aliphatic rings. The van der Waals surface area contributed by atoms with Gasteiger partial charge in [0.15, 0.2) is 5.13 Å². The van der Waals surface area contributed by atoms with Gasteiger partial charge in [0.25, 0.3) is 0 Å². The molecule has 1 unspecified atom stereocenters. The van der Waals surface area contributed by atoms with E-state index in [1.54, 1.807) is 11.3 Å². The van der Waals surface area contributed by atoms with E-state index >= 15 is 0 Å². The molecule has 118 valence electrons. The van der Waals surface area contributed by atoms with Gasteiger partial charge >= 0.3 is 5.97 Å². The third-order valence-electron chi connectivity index (χ3n) is 3.48. The number of hydrogen-bond acceptors (Lipinski definition) is 6. The van der Waals surface area contributed by atoms with Gasteiger partial charge in [-0.05, 0) is 26.7 Å². The maximum Gasteiger partial charge on any atom is 0.306 e. The van der Waals surface area contributed by atoms with Gasteiger partial charge < -0.3 is 14.4 Å². The van der Waals surface area contributed by atoms with E-state index in [4.69, 9.17) is 9.47 Å². The number of nitrogens with zero attached hydrogens (tertiary/aromatic N) is 2. The van der Waals surface area contributed by atoms with Crippen LogP contribution >= 0.6 is 11.3 Å². The highest BCUT2D eigenvalue weighted by Gasteiger charge is 2.22. The zero-order valence-corrected chi connectivity index (χ0v) is 13.7. The maximum atomic E-state index is 11.4. The van der Waals surface area contributed by atoms with Crippen molar-refractivity contribution in [2.75, 3.05) is 31.2 Å². The number of carbonyl (C=O) groups is 1. The summed E-state index contributed by atoms with van der Waals surface area (Å²) in [5, 5.41) is 3.08. The number of carbonyl (C=O) groups excluding carboxylic acids is 1. The number of rotatable bonds is 7. The van der Waals surface area contributed by atoms with E-state index in [9.17, 15) is 4.79 Å². The summed E-state index contributed by atoms with van der Waals surface area (Å²) in [6, 6.07) is 0. The Hall–Kier alpha value is -1.14. The molecule has 1 aromatic rings. The van der Waals surface area contributed by atoms with Gasteiger partial charge in [0.05, 0.1) is 24.8 Å². The first kappa shape index (κ1) is 16.2. The minimum Gasteiger partial charge on any atom is -0.466 e. The molecule has 0 saturated carbocycles. The number of anilines is 1. The highest BCUT2D eigenvalue weighted by molar-refractivity contribution is 7.13. The monoisotopic (exact) mass is 312 g/mol. The van der Waals surface area contributed by atoms with Crippen LogP contribution < -0.4 is 4.90 Å². The Morgan fingerprint density at radius 2 is 2.33 bits per heavy atom. The number of aromatic nitrogens is 1. The number of piperidine rings is 1. The summed E-state index contributed by atoms with van der Waals surface area (Å²) in [5.41, 5.74) is 0.974. The van der Waals surface area contributed by atoms with E-state index in [0.717, 1.165) is 43.4 Å². The van der Waals surface area contributed by atoms with Crippen molar-refractivity contribution in [2.45, 2.75) is 45.6 Å². The van der Waals surface area contributed by atoms with Crippen LogP contribution in [0.25, 0.3) is 0 Å². The van der Waals surface area contributed by atoms with Crippen molar-refractivity contribution in [1.82, 2.24) is 4.98 Å². The zero-order valence-electron chi connectivity index (χ0n) is 12.8. The second-order valence-corrected chi connectivity index (χ2v) is 5.93. The van der Waals surface area contributed by atoms with Crippen LogP contribution in [0.15, 0.2) is 5.38 Å². The largest absolute Gasteiger partial charge is 0.466 e. The van der Waals surface area contributed by atoms with E-state index in [2.05, 4.69) is 9.88 Å². The predicted molar refractivity (Wildman–Crippen MR) is 83.9 cm³/mol. The molecule has 21 heavy (non-hydrogen) atoms. The third kappa shape index (κ3) is 4.97. The van der Waals surface area contributed by atoms with Crippen molar-refractivity contribution < 1.29 is 14.3 Å². The first-order chi connectivity index (χ1) is 10.2. The van der Waals surface area contributed by atoms with E-state index in [-0.39, 0.29) is 5.97 Å². The fraction of sp³-hybridized carbons (Fsp3) is 0.733. The normalized spacial score (nSPS) is 18.8. The lowest BCUT2D eigenvalue weighted by atomic mass is 10.1. The summed E-state index contributed by atoms with van der Waals surface area (Å²) in [6.45, 7) is 7.02. The summed E-state index contributed by atoms with van der Waals surface area (Å²) < 4.78 is 10.7. The molecule has 0 amide bonds. The first-order valence-corrected chi connectivity index (χ1v) is 8.57. The average molecular weight is 312 g/mol. The number of ether oxygens (including phenoxy) is 2. The molecule has 1 atom stereocenters. The number of hydrogen-bond donors (Lipinski definition) is 0. The SMILES string of the molecule is CCOC(=O)CCc1csc(N2CCCC(OCC)C2)n1. The Bertz CT molecular complexity index is 448. The molecule has 2 rings (SSSR count). The maximum absolute atomic E-state index is 11.4. The number of thiazole rings is 1. The molecule has 0 spiro atoms. The van der Waals surface area contributed by atoms with Crippen molar-refractivity contribution in [3.05, 3.63) is 11.1 Å². The Labute approximate surface area is 130 Å². The molecule has 0 bridgehead atoms. The molecular formula is C15H24N2O3S. The summed E-state index contributed by atoms with van der Waals surface area (Å²) in [6.07, 6.45) is 3.64. The fourth-order valence-corrected chi connectivity index (χ4v) is 3.40. The Morgan fingerprint density at radius 1 is 1.48 bits per heavy atom. The lowest BCUT2D eigenvalue weighted by molar-refractivity contribution is -0.143. The van der Waals surface area contributed by atoms with Crippen LogP contribution in [-0.2, 0) is 20.7 Å². The van der Waals surface area contributed by atoms with Gasteiger partial charge in [-0.15, -0.1) is 11.3 Å². The highest BCUT2D eigenvalue weighted by atomic mass is 32.1. The standard InChI is InChI=1S/C15H24N2O3S/c1-3-19-13-6-5-9-17(10-13)15-16-12(11-21-15)7-8-14(18)20-4-2/h11,13H,3-10H2,1-2H3. The Morgan fingerprint density at radius 3 is 3.10 bits per heavy atom. The molecule has 1 aromatic heterocycles. The van der Waals surface area contributed by atoms with Gasteiger partial charge in [0.1, 0.15) is 0 Å². The summed E-state index contributed by atoms with van der Waals surface area (Å²) in [5.74, 6) is -0.151. The Kier molecular flexibility index (Phi) is 6.45. The smallest absolute Gasteiger partial charge is 0.306 e. The third-order valence-corrected chi connectivity index (χ3v) is 4.43. The van der Waals surface area contributed by atoms with Crippen LogP contribution in [0, 0.1) is 0 Å². The van der Waals surface area contributed by atoms with E-state index in [0.29, 0.717) is 25.6 Å². The minimum absolute atomic E-state index is 0.151. The molecule has 0 aromatic carbocycles. The van der Waals surface area contributed by atoms with Gasteiger partial charge in [-0.3, -0.25) is 4.79 Å². The molecule has 0 aliphatic carbocycles. The molecule has 2 heterocycles. The lowest BCUT2D eigenvalue weighted by Gasteiger charge is -2.32. The van der Waals surface area contributed by atoms with Crippen molar-refractivity contribution in [3.8, 4) is 0 Å². The van der Waals surface area contributed by atoms with Gasteiger partial charge in [0, 0.05) is 31.5 Å². The molecule has 0 N–H and O–H groups in total. The van der Waals surface area contributed by atoms with Crippen LogP contribution in [0.4, 0.5) is 5.13 Å². The van der Waals surface area contributed by atoms with Crippen LogP contribution in [-0.4, -0.2) is 43.4 Å². The van der Waals surface area contributed by atoms with Crippen molar-refractivity contribution in [2.24, 2.45) is 0 Å². The topological polar surface area (TPSA) is 51.7 Å². The second-order valence-electron chi connectivity index (χ2n) is 5.09. The predicted octanol–water partition coefficient (Wildman–Crippen LogP) is 2.64. The summed E-state index contributed by atoms with van der Waals surface area (Å²) in [7, 11) is 0. The van der Waals surface area contributed by atoms with E-state index < -0.39 is 0 Å². The van der Waals surface area contributed by atoms with Crippen LogP contribution in [0.3, 0.4) is 0 Å². The minimum atomic E-state index is -0.151. The molecule has 1 aliphatic heterocycles. The molecule has 6 heteroatoms. The van der Waals surface area contributed by atoms with E-state index in [1.165, 1.54) is 0 Å². The van der Waals surface area contributed by atoms with Gasteiger partial charge in [0.2, 0.25) is 0 Å². The van der Waals surface area contributed by atoms with Gasteiger partial charge in [-0.25, -0.2) is 4.98 Å².